The molecule has 328 valence electrons. The number of benzene rings is 3. The third kappa shape index (κ3) is 9.07. The molecule has 3 aliphatic heterocycles. The number of nitrogens with zero attached hydrogens (tertiary/aromatic N) is 7. The number of ether oxygens (including phenoxy) is 2. The van der Waals surface area contributed by atoms with Gasteiger partial charge in [-0.2, -0.15) is 5.10 Å². The maximum absolute atomic E-state index is 13.3. The summed E-state index contributed by atoms with van der Waals surface area (Å²) in [6.45, 7) is 6.55. The fourth-order valence-electron chi connectivity index (χ4n) is 9.31. The van der Waals surface area contributed by atoms with Crippen molar-refractivity contribution in [3.63, 3.8) is 0 Å². The molecule has 17 nitrogen and oxygen atoms in total. The number of piperidine rings is 1. The summed E-state index contributed by atoms with van der Waals surface area (Å²) in [5.41, 5.74) is 9.73. The van der Waals surface area contributed by atoms with Crippen LogP contribution in [0.2, 0.25) is 0 Å². The molecule has 0 bridgehead atoms. The number of anilines is 2. The summed E-state index contributed by atoms with van der Waals surface area (Å²) in [5.74, 6) is 0.341. The van der Waals surface area contributed by atoms with E-state index in [1.807, 2.05) is 54.6 Å². The second-order valence-electron chi connectivity index (χ2n) is 16.5. The van der Waals surface area contributed by atoms with Crippen LogP contribution in [0.4, 0.5) is 11.5 Å². The normalized spacial score (nSPS) is 20.7. The number of rotatable bonds is 15. The van der Waals surface area contributed by atoms with Gasteiger partial charge >= 0.3 is 0 Å². The molecule has 4 amide bonds. The van der Waals surface area contributed by atoms with Gasteiger partial charge in [0.15, 0.2) is 5.65 Å². The van der Waals surface area contributed by atoms with Crippen LogP contribution in [0.1, 0.15) is 65.3 Å². The lowest BCUT2D eigenvalue weighted by Crippen LogP contribution is -2.52. The van der Waals surface area contributed by atoms with E-state index in [1.54, 1.807) is 18.2 Å². The summed E-state index contributed by atoms with van der Waals surface area (Å²) >= 11 is 0. The molecule has 2 saturated heterocycles. The minimum absolute atomic E-state index is 0.0828. The number of nitrogens with two attached hydrogens (primary N) is 1. The van der Waals surface area contributed by atoms with E-state index in [9.17, 15) is 19.2 Å². The predicted molar refractivity (Wildman–Crippen MR) is 236 cm³/mol. The van der Waals surface area contributed by atoms with Crippen molar-refractivity contribution >= 4 is 46.2 Å². The summed E-state index contributed by atoms with van der Waals surface area (Å²) in [5, 5.41) is 14.5. The molecular weight excluding hydrogens is 803 g/mol. The largest absolute Gasteiger partial charge is 0.457 e. The SMILES string of the molecule is Nc1ncnc2c1c(-c1ccc(Oc3ccccc3)cc1)nn2C1CCC(N2CCN(CCOCCNC(=O)CNc3cccc4c3C(=O)N(C3CCCNC3=O)C4=O)CC2)CC1. The first kappa shape index (κ1) is 41.9. The average molecular weight is 856 g/mol. The smallest absolute Gasteiger partial charge is 0.264 e. The van der Waals surface area contributed by atoms with Crippen molar-refractivity contribution in [2.75, 3.05) is 76.6 Å². The zero-order valence-corrected chi connectivity index (χ0v) is 35.2. The van der Waals surface area contributed by atoms with Crippen LogP contribution in [0.25, 0.3) is 22.3 Å². The van der Waals surface area contributed by atoms with E-state index in [4.69, 9.17) is 20.3 Å². The fourth-order valence-corrected chi connectivity index (χ4v) is 9.31. The van der Waals surface area contributed by atoms with Crippen LogP contribution in [0, 0.1) is 0 Å². The summed E-state index contributed by atoms with van der Waals surface area (Å²) in [6, 6.07) is 22.4. The molecule has 3 fully saturated rings. The highest BCUT2D eigenvalue weighted by molar-refractivity contribution is 6.25. The minimum atomic E-state index is -0.828. The molecule has 17 heteroatoms. The van der Waals surface area contributed by atoms with Gasteiger partial charge in [0, 0.05) is 63.1 Å². The van der Waals surface area contributed by atoms with E-state index >= 15 is 0 Å². The Kier molecular flexibility index (Phi) is 12.6. The van der Waals surface area contributed by atoms with Crippen LogP contribution in [0.15, 0.2) is 79.1 Å². The minimum Gasteiger partial charge on any atom is -0.457 e. The van der Waals surface area contributed by atoms with Gasteiger partial charge in [-0.1, -0.05) is 24.3 Å². The van der Waals surface area contributed by atoms with Gasteiger partial charge in [-0.15, -0.1) is 0 Å². The number of nitrogen functional groups attached to an aromatic ring is 1. The first-order valence-corrected chi connectivity index (χ1v) is 22.0. The summed E-state index contributed by atoms with van der Waals surface area (Å²) < 4.78 is 13.9. The number of para-hydroxylation sites is 1. The van der Waals surface area contributed by atoms with Crippen molar-refractivity contribution < 1.29 is 28.7 Å². The van der Waals surface area contributed by atoms with Gasteiger partial charge in [0.25, 0.3) is 11.8 Å². The number of hydrogen-bond acceptors (Lipinski definition) is 13. The number of nitrogens with one attached hydrogen (secondary N) is 3. The van der Waals surface area contributed by atoms with Gasteiger partial charge in [0.1, 0.15) is 35.4 Å². The van der Waals surface area contributed by atoms with Gasteiger partial charge in [-0.25, -0.2) is 14.6 Å². The second kappa shape index (κ2) is 18.9. The molecular formula is C46H53N11O6. The Morgan fingerprint density at radius 2 is 1.59 bits per heavy atom. The van der Waals surface area contributed by atoms with E-state index < -0.39 is 17.9 Å². The van der Waals surface area contributed by atoms with E-state index in [1.165, 1.54) is 6.33 Å². The molecule has 1 unspecified atom stereocenters. The number of hydrogen-bond donors (Lipinski definition) is 4. The van der Waals surface area contributed by atoms with Crippen molar-refractivity contribution in [3.05, 3.63) is 90.3 Å². The Balaban J connectivity index is 0.681. The molecule has 3 aromatic carbocycles. The molecule has 1 atom stereocenters. The maximum atomic E-state index is 13.3. The topological polar surface area (TPSA) is 202 Å². The maximum Gasteiger partial charge on any atom is 0.264 e. The van der Waals surface area contributed by atoms with Crippen LogP contribution >= 0.6 is 0 Å². The van der Waals surface area contributed by atoms with Gasteiger partial charge in [-0.3, -0.25) is 33.9 Å². The Labute approximate surface area is 365 Å². The lowest BCUT2D eigenvalue weighted by molar-refractivity contribution is -0.126. The van der Waals surface area contributed by atoms with Crippen molar-refractivity contribution in [2.45, 2.75) is 56.7 Å². The standard InChI is InChI=1S/C46H53N11O6/c47-42-40-41(30-11-17-34(18-12-30)63-33-6-2-1-3-7-33)53-57(43(40)52-29-51-42)32-15-13-31(14-16-32)55-23-21-54(22-24-55)25-27-62-26-20-48-38(58)28-50-36-9-4-8-35-39(36)46(61)56(45(35)60)37-10-5-19-49-44(37)59/h1-4,6-9,11-12,17-18,29,31-32,37,50H,5,10,13-16,19-28H2,(H,48,58)(H,49,59)(H2,47,51,52). The molecule has 1 saturated carbocycles. The zero-order chi connectivity index (χ0) is 43.3. The van der Waals surface area contributed by atoms with Crippen LogP contribution in [-0.2, 0) is 14.3 Å². The lowest BCUT2D eigenvalue weighted by Gasteiger charge is -2.42. The summed E-state index contributed by atoms with van der Waals surface area (Å²) in [7, 11) is 0. The monoisotopic (exact) mass is 855 g/mol. The quantitative estimate of drug-likeness (QED) is 0.0868. The fraction of sp³-hybridized carbons (Fsp3) is 0.413. The second-order valence-corrected chi connectivity index (χ2v) is 16.5. The van der Waals surface area contributed by atoms with Crippen LogP contribution in [0.5, 0.6) is 11.5 Å². The summed E-state index contributed by atoms with van der Waals surface area (Å²) in [4.78, 5) is 66.6. The molecule has 0 spiro atoms. The molecule has 1 aliphatic carbocycles. The Morgan fingerprint density at radius 1 is 0.825 bits per heavy atom. The number of carbonyl (C=O) groups is 4. The number of amides is 4. The highest BCUT2D eigenvalue weighted by Gasteiger charge is 2.44. The number of carbonyl (C=O) groups excluding carboxylic acids is 4. The van der Waals surface area contributed by atoms with Crippen LogP contribution in [0.3, 0.4) is 0 Å². The first-order valence-electron chi connectivity index (χ1n) is 22.0. The van der Waals surface area contributed by atoms with Crippen molar-refractivity contribution in [1.29, 1.82) is 0 Å². The Bertz CT molecular complexity index is 2450. The molecule has 63 heavy (non-hydrogen) atoms. The molecule has 5 aromatic rings. The van der Waals surface area contributed by atoms with Crippen molar-refractivity contribution in [1.82, 2.24) is 45.1 Å². The van der Waals surface area contributed by atoms with E-state index in [0.29, 0.717) is 56.7 Å². The zero-order valence-electron chi connectivity index (χ0n) is 35.2. The number of imide groups is 1. The van der Waals surface area contributed by atoms with Crippen LogP contribution in [-0.4, -0.2) is 136 Å². The van der Waals surface area contributed by atoms with Gasteiger partial charge in [0.05, 0.1) is 42.3 Å². The van der Waals surface area contributed by atoms with Gasteiger partial charge in [-0.05, 0) is 87.1 Å². The number of piperazine rings is 1. The third-order valence-corrected chi connectivity index (χ3v) is 12.6. The number of aromatic nitrogens is 4. The number of fused-ring (bicyclic) bond motifs is 2. The predicted octanol–water partition coefficient (Wildman–Crippen LogP) is 4.09. The van der Waals surface area contributed by atoms with E-state index in [2.05, 4.69) is 40.4 Å². The third-order valence-electron chi connectivity index (χ3n) is 12.6. The summed E-state index contributed by atoms with van der Waals surface area (Å²) in [6.07, 6.45) is 6.81. The van der Waals surface area contributed by atoms with Crippen molar-refractivity contribution in [3.8, 4) is 22.8 Å². The average Bonchev–Trinajstić information content (AvgIpc) is 3.83. The molecule has 4 aliphatic rings. The molecule has 5 N–H and O–H groups in total. The Morgan fingerprint density at radius 3 is 2.37 bits per heavy atom. The van der Waals surface area contributed by atoms with E-state index in [-0.39, 0.29) is 35.5 Å². The first-order chi connectivity index (χ1) is 30.8. The lowest BCUT2D eigenvalue weighted by atomic mass is 9.90. The highest BCUT2D eigenvalue weighted by atomic mass is 16.5. The van der Waals surface area contributed by atoms with Gasteiger partial charge in [0.2, 0.25) is 11.8 Å². The highest BCUT2D eigenvalue weighted by Crippen LogP contribution is 2.38. The van der Waals surface area contributed by atoms with Crippen molar-refractivity contribution in [2.24, 2.45) is 0 Å². The molecule has 2 aromatic heterocycles. The molecule has 0 radical (unpaired) electrons. The Hall–Kier alpha value is -6.43. The van der Waals surface area contributed by atoms with E-state index in [0.717, 1.165) is 97.1 Å². The molecule has 9 rings (SSSR count). The molecule has 5 heterocycles. The van der Waals surface area contributed by atoms with Gasteiger partial charge < -0.3 is 31.2 Å². The van der Waals surface area contributed by atoms with Crippen LogP contribution < -0.4 is 26.4 Å².